The number of aromatic amines is 1. The Morgan fingerprint density at radius 1 is 1.15 bits per heavy atom. The van der Waals surface area contributed by atoms with Crippen LogP contribution in [0.3, 0.4) is 0 Å². The number of aromatic nitrogens is 2. The van der Waals surface area contributed by atoms with Crippen molar-refractivity contribution < 1.29 is 14.7 Å². The first-order chi connectivity index (χ1) is 12.5. The molecule has 132 valence electrons. The molecular formula is C20H19N3O3. The van der Waals surface area contributed by atoms with Crippen LogP contribution in [0.4, 0.5) is 5.69 Å². The lowest BCUT2D eigenvalue weighted by atomic mass is 10.0. The number of amides is 1. The summed E-state index contributed by atoms with van der Waals surface area (Å²) in [5.74, 6) is -0.283. The molecule has 0 unspecified atom stereocenters. The van der Waals surface area contributed by atoms with Crippen molar-refractivity contribution in [3.05, 3.63) is 59.9 Å². The molecule has 1 saturated carbocycles. The summed E-state index contributed by atoms with van der Waals surface area (Å²) in [7, 11) is 0. The fourth-order valence-corrected chi connectivity index (χ4v) is 3.17. The number of hydrogen-bond acceptors (Lipinski definition) is 3. The molecule has 1 fully saturated rings. The molecule has 0 spiro atoms. The molecule has 0 radical (unpaired) electrons. The predicted octanol–water partition coefficient (Wildman–Crippen LogP) is 3.35. The smallest absolute Gasteiger partial charge is 0.310 e. The second-order valence-corrected chi connectivity index (χ2v) is 6.89. The Kier molecular flexibility index (Phi) is 3.95. The van der Waals surface area contributed by atoms with Crippen molar-refractivity contribution in [1.82, 2.24) is 9.97 Å². The molecule has 4 rings (SSSR count). The number of hydrogen-bond donors (Lipinski definition) is 3. The van der Waals surface area contributed by atoms with Crippen LogP contribution in [0.5, 0.6) is 0 Å². The molecule has 1 heterocycles. The van der Waals surface area contributed by atoms with Gasteiger partial charge >= 0.3 is 5.97 Å². The van der Waals surface area contributed by atoms with Gasteiger partial charge in [0.05, 0.1) is 16.4 Å². The van der Waals surface area contributed by atoms with Crippen LogP contribution in [0.15, 0.2) is 48.5 Å². The van der Waals surface area contributed by atoms with Crippen molar-refractivity contribution in [3.63, 3.8) is 0 Å². The first-order valence-corrected chi connectivity index (χ1v) is 8.60. The fraction of sp³-hybridized carbons (Fsp3) is 0.250. The first kappa shape index (κ1) is 16.3. The maximum atomic E-state index is 12.2. The lowest BCUT2D eigenvalue weighted by Crippen LogP contribution is -2.23. The zero-order chi connectivity index (χ0) is 18.1. The molecule has 1 aliphatic carbocycles. The van der Waals surface area contributed by atoms with Gasteiger partial charge in [0.15, 0.2) is 0 Å². The van der Waals surface area contributed by atoms with E-state index in [9.17, 15) is 14.7 Å². The number of aliphatic carboxylic acids is 1. The van der Waals surface area contributed by atoms with Crippen molar-refractivity contribution in [2.45, 2.75) is 25.7 Å². The number of carboxylic acid groups (broad SMARTS) is 1. The molecule has 0 saturated heterocycles. The summed E-state index contributed by atoms with van der Waals surface area (Å²) in [4.78, 5) is 31.2. The number of fused-ring (bicyclic) bond motifs is 1. The normalized spacial score (nSPS) is 14.9. The Morgan fingerprint density at radius 3 is 2.69 bits per heavy atom. The molecule has 1 aliphatic rings. The van der Waals surface area contributed by atoms with Gasteiger partial charge in [-0.05, 0) is 42.7 Å². The SMILES string of the molecule is O=C(CC1(C(=O)O)CC1)Nc1cccc(Cc2nc3ccccc3[nH]2)c1. The van der Waals surface area contributed by atoms with Crippen molar-refractivity contribution in [2.24, 2.45) is 5.41 Å². The van der Waals surface area contributed by atoms with Crippen molar-refractivity contribution in [2.75, 3.05) is 5.32 Å². The molecular weight excluding hydrogens is 330 g/mol. The van der Waals surface area contributed by atoms with Gasteiger partial charge < -0.3 is 15.4 Å². The van der Waals surface area contributed by atoms with E-state index < -0.39 is 11.4 Å². The van der Waals surface area contributed by atoms with Gasteiger partial charge in [-0.2, -0.15) is 0 Å². The molecule has 3 aromatic rings. The largest absolute Gasteiger partial charge is 0.481 e. The number of nitrogens with zero attached hydrogens (tertiary/aromatic N) is 1. The van der Waals surface area contributed by atoms with Crippen molar-refractivity contribution in [3.8, 4) is 0 Å². The Labute approximate surface area is 150 Å². The predicted molar refractivity (Wildman–Crippen MR) is 97.9 cm³/mol. The van der Waals surface area contributed by atoms with Gasteiger partial charge in [0.1, 0.15) is 5.82 Å². The second-order valence-electron chi connectivity index (χ2n) is 6.89. The Morgan fingerprint density at radius 2 is 1.96 bits per heavy atom. The lowest BCUT2D eigenvalue weighted by Gasteiger charge is -2.11. The molecule has 0 aliphatic heterocycles. The molecule has 2 aromatic carbocycles. The van der Waals surface area contributed by atoms with Gasteiger partial charge in [-0.25, -0.2) is 4.98 Å². The number of nitrogens with one attached hydrogen (secondary N) is 2. The number of carbonyl (C=O) groups excluding carboxylic acids is 1. The quantitative estimate of drug-likeness (QED) is 0.636. The van der Waals surface area contributed by atoms with Crippen LogP contribution in [-0.2, 0) is 16.0 Å². The number of rotatable bonds is 6. The van der Waals surface area contributed by atoms with Gasteiger partial charge in [0, 0.05) is 18.5 Å². The summed E-state index contributed by atoms with van der Waals surface area (Å²) in [5, 5.41) is 12.0. The van der Waals surface area contributed by atoms with Gasteiger partial charge in [0.2, 0.25) is 5.91 Å². The Hall–Kier alpha value is -3.15. The summed E-state index contributed by atoms with van der Waals surface area (Å²) in [6, 6.07) is 15.4. The van der Waals surface area contributed by atoms with E-state index in [0.717, 1.165) is 22.4 Å². The van der Waals surface area contributed by atoms with E-state index in [1.54, 1.807) is 6.07 Å². The van der Waals surface area contributed by atoms with Crippen LogP contribution in [0.25, 0.3) is 11.0 Å². The van der Waals surface area contributed by atoms with Crippen LogP contribution < -0.4 is 5.32 Å². The van der Waals surface area contributed by atoms with Crippen LogP contribution >= 0.6 is 0 Å². The summed E-state index contributed by atoms with van der Waals surface area (Å²) in [6.45, 7) is 0. The highest BCUT2D eigenvalue weighted by molar-refractivity contribution is 5.95. The molecule has 0 bridgehead atoms. The minimum atomic E-state index is -0.883. The average molecular weight is 349 g/mol. The van der Waals surface area contributed by atoms with E-state index in [-0.39, 0.29) is 12.3 Å². The number of anilines is 1. The summed E-state index contributed by atoms with van der Waals surface area (Å²) < 4.78 is 0. The zero-order valence-corrected chi connectivity index (χ0v) is 14.2. The topological polar surface area (TPSA) is 95.1 Å². The fourth-order valence-electron chi connectivity index (χ4n) is 3.17. The molecule has 0 atom stereocenters. The van der Waals surface area contributed by atoms with E-state index in [2.05, 4.69) is 15.3 Å². The zero-order valence-electron chi connectivity index (χ0n) is 14.2. The summed E-state index contributed by atoms with van der Waals surface area (Å²) >= 11 is 0. The summed E-state index contributed by atoms with van der Waals surface area (Å²) in [5.41, 5.74) is 2.76. The highest BCUT2D eigenvalue weighted by atomic mass is 16.4. The van der Waals surface area contributed by atoms with Crippen LogP contribution in [0.1, 0.15) is 30.7 Å². The van der Waals surface area contributed by atoms with E-state index in [1.165, 1.54) is 0 Å². The average Bonchev–Trinajstić information content (AvgIpc) is 3.27. The number of imidazole rings is 1. The maximum absolute atomic E-state index is 12.2. The molecule has 1 aromatic heterocycles. The van der Waals surface area contributed by atoms with Crippen LogP contribution in [-0.4, -0.2) is 27.0 Å². The van der Waals surface area contributed by atoms with Crippen molar-refractivity contribution in [1.29, 1.82) is 0 Å². The van der Waals surface area contributed by atoms with Gasteiger partial charge in [-0.1, -0.05) is 24.3 Å². The van der Waals surface area contributed by atoms with E-state index in [1.807, 2.05) is 42.5 Å². The van der Waals surface area contributed by atoms with Crippen molar-refractivity contribution >= 4 is 28.6 Å². The Bertz CT molecular complexity index is 956. The summed E-state index contributed by atoms with van der Waals surface area (Å²) in [6.07, 6.45) is 1.79. The molecule has 1 amide bonds. The Balaban J connectivity index is 1.44. The molecule has 3 N–H and O–H groups in total. The van der Waals surface area contributed by atoms with Crippen LogP contribution in [0.2, 0.25) is 0 Å². The number of para-hydroxylation sites is 2. The lowest BCUT2D eigenvalue weighted by molar-refractivity contribution is -0.145. The van der Waals surface area contributed by atoms with Gasteiger partial charge in [0.25, 0.3) is 0 Å². The highest BCUT2D eigenvalue weighted by Crippen LogP contribution is 2.49. The number of carboxylic acids is 1. The van der Waals surface area contributed by atoms with E-state index in [0.29, 0.717) is 24.9 Å². The maximum Gasteiger partial charge on any atom is 0.310 e. The van der Waals surface area contributed by atoms with Crippen LogP contribution in [0, 0.1) is 5.41 Å². The number of benzene rings is 2. The third kappa shape index (κ3) is 3.31. The van der Waals surface area contributed by atoms with Gasteiger partial charge in [-0.15, -0.1) is 0 Å². The second kappa shape index (κ2) is 6.29. The number of H-pyrrole nitrogens is 1. The first-order valence-electron chi connectivity index (χ1n) is 8.60. The third-order valence-electron chi connectivity index (χ3n) is 4.83. The standard InChI is InChI=1S/C20H19N3O3/c24-18(12-20(8-9-20)19(25)26)21-14-5-3-4-13(10-14)11-17-22-15-6-1-2-7-16(15)23-17/h1-7,10H,8-9,11-12H2,(H,21,24)(H,22,23)(H,25,26). The molecule has 26 heavy (non-hydrogen) atoms. The minimum Gasteiger partial charge on any atom is -0.481 e. The van der Waals surface area contributed by atoms with E-state index >= 15 is 0 Å². The number of carbonyl (C=O) groups is 2. The van der Waals surface area contributed by atoms with Gasteiger partial charge in [-0.3, -0.25) is 9.59 Å². The monoisotopic (exact) mass is 349 g/mol. The molecule has 6 heteroatoms. The highest BCUT2D eigenvalue weighted by Gasteiger charge is 2.51. The molecule has 6 nitrogen and oxygen atoms in total. The van der Waals surface area contributed by atoms with E-state index in [4.69, 9.17) is 0 Å². The third-order valence-corrected chi connectivity index (χ3v) is 4.83. The minimum absolute atomic E-state index is 0.0239.